The Balaban J connectivity index is 1.81. The normalized spacial score (nSPS) is 14.8. The number of para-hydroxylation sites is 2. The lowest BCUT2D eigenvalue weighted by Gasteiger charge is -2.23. The van der Waals surface area contributed by atoms with Crippen LogP contribution in [0.3, 0.4) is 0 Å². The number of carbonyl (C=O) groups excluding carboxylic acids is 2. The zero-order valence-electron chi connectivity index (χ0n) is 13.1. The number of nitrogens with one attached hydrogen (secondary N) is 1. The molecule has 0 atom stereocenters. The monoisotopic (exact) mass is 330 g/mol. The maximum atomic E-state index is 13.7. The Morgan fingerprint density at radius 3 is 2.12 bits per heavy atom. The van der Waals surface area contributed by atoms with Gasteiger partial charge in [0.05, 0.1) is 0 Å². The number of benzene rings is 2. The molecule has 4 nitrogen and oxygen atoms in total. The number of carbonyl (C=O) groups is 2. The van der Waals surface area contributed by atoms with Crippen molar-refractivity contribution >= 4 is 23.2 Å². The molecule has 0 unspecified atom stereocenters. The van der Waals surface area contributed by atoms with Gasteiger partial charge in [-0.3, -0.25) is 9.59 Å². The van der Waals surface area contributed by atoms with E-state index in [9.17, 15) is 18.4 Å². The highest BCUT2D eigenvalue weighted by Crippen LogP contribution is 2.48. The summed E-state index contributed by atoms with van der Waals surface area (Å²) in [6.07, 6.45) is 0.704. The first-order valence-corrected chi connectivity index (χ1v) is 7.54. The number of hydrogen-bond acceptors (Lipinski definition) is 2. The molecule has 0 heterocycles. The van der Waals surface area contributed by atoms with Gasteiger partial charge in [-0.1, -0.05) is 24.3 Å². The smallest absolute Gasteiger partial charge is 0.242 e. The van der Waals surface area contributed by atoms with E-state index in [0.29, 0.717) is 18.5 Å². The van der Waals surface area contributed by atoms with Crippen LogP contribution >= 0.6 is 0 Å². The van der Waals surface area contributed by atoms with Crippen molar-refractivity contribution in [3.8, 4) is 0 Å². The second kappa shape index (κ2) is 6.03. The molecule has 1 aliphatic rings. The maximum absolute atomic E-state index is 13.7. The highest BCUT2D eigenvalue weighted by molar-refractivity contribution is 6.17. The van der Waals surface area contributed by atoms with Crippen molar-refractivity contribution in [2.45, 2.75) is 12.8 Å². The Labute approximate surface area is 138 Å². The number of amides is 2. The average molecular weight is 330 g/mol. The van der Waals surface area contributed by atoms with E-state index in [2.05, 4.69) is 5.32 Å². The number of anilines is 2. The Morgan fingerprint density at radius 1 is 1.00 bits per heavy atom. The Bertz CT molecular complexity index is 769. The Hall–Kier alpha value is -2.76. The van der Waals surface area contributed by atoms with Gasteiger partial charge in [0.1, 0.15) is 22.7 Å². The van der Waals surface area contributed by atoms with Crippen LogP contribution in [0.25, 0.3) is 0 Å². The third kappa shape index (κ3) is 2.75. The van der Waals surface area contributed by atoms with Gasteiger partial charge in [-0.25, -0.2) is 8.78 Å². The zero-order valence-corrected chi connectivity index (χ0v) is 13.1. The van der Waals surface area contributed by atoms with Gasteiger partial charge >= 0.3 is 0 Å². The van der Waals surface area contributed by atoms with E-state index in [1.165, 1.54) is 11.0 Å². The zero-order chi connectivity index (χ0) is 17.3. The molecule has 2 aromatic rings. The van der Waals surface area contributed by atoms with Crippen molar-refractivity contribution in [2.24, 2.45) is 5.41 Å². The van der Waals surface area contributed by atoms with Crippen LogP contribution in [0.2, 0.25) is 0 Å². The predicted molar refractivity (Wildman–Crippen MR) is 86.5 cm³/mol. The van der Waals surface area contributed by atoms with Gasteiger partial charge in [0, 0.05) is 12.7 Å². The van der Waals surface area contributed by atoms with Crippen LogP contribution in [-0.4, -0.2) is 18.9 Å². The van der Waals surface area contributed by atoms with Crippen molar-refractivity contribution < 1.29 is 18.4 Å². The molecule has 1 aliphatic carbocycles. The van der Waals surface area contributed by atoms with E-state index >= 15 is 0 Å². The lowest BCUT2D eigenvalue weighted by Crippen LogP contribution is -2.41. The summed E-state index contributed by atoms with van der Waals surface area (Å²) in [5.41, 5.74) is -1.14. The molecule has 124 valence electrons. The molecule has 24 heavy (non-hydrogen) atoms. The average Bonchev–Trinajstić information content (AvgIpc) is 3.39. The highest BCUT2D eigenvalue weighted by atomic mass is 19.1. The molecule has 0 aliphatic heterocycles. The van der Waals surface area contributed by atoms with Gasteiger partial charge in [-0.15, -0.1) is 0 Å². The van der Waals surface area contributed by atoms with Crippen molar-refractivity contribution in [1.82, 2.24) is 0 Å². The van der Waals surface area contributed by atoms with E-state index in [1.807, 2.05) is 6.07 Å². The number of nitrogens with zero attached hydrogens (tertiary/aromatic N) is 1. The molecule has 1 N–H and O–H groups in total. The molecule has 2 aromatic carbocycles. The molecule has 0 aromatic heterocycles. The standard InChI is InChI=1S/C18H16F2N2O2/c1-22(12-6-3-2-4-7-12)17(24)18(10-11-18)16(23)21-15-13(19)8-5-9-14(15)20/h2-9H,10-11H2,1H3,(H,21,23). The molecule has 2 amide bonds. The second-order valence-electron chi connectivity index (χ2n) is 5.83. The highest BCUT2D eigenvalue weighted by Gasteiger charge is 2.58. The van der Waals surface area contributed by atoms with Crippen molar-refractivity contribution in [3.63, 3.8) is 0 Å². The fraction of sp³-hybridized carbons (Fsp3) is 0.222. The fourth-order valence-corrected chi connectivity index (χ4v) is 2.60. The van der Waals surface area contributed by atoms with E-state index in [-0.39, 0.29) is 5.91 Å². The molecular weight excluding hydrogens is 314 g/mol. The third-order valence-corrected chi connectivity index (χ3v) is 4.24. The first-order chi connectivity index (χ1) is 11.5. The largest absolute Gasteiger partial charge is 0.320 e. The number of rotatable bonds is 4. The summed E-state index contributed by atoms with van der Waals surface area (Å²) < 4.78 is 27.4. The molecule has 0 spiro atoms. The van der Waals surface area contributed by atoms with Crippen LogP contribution in [0.5, 0.6) is 0 Å². The third-order valence-electron chi connectivity index (χ3n) is 4.24. The quantitative estimate of drug-likeness (QED) is 0.874. The van der Waals surface area contributed by atoms with Crippen LogP contribution in [0.15, 0.2) is 48.5 Å². The van der Waals surface area contributed by atoms with Crippen LogP contribution < -0.4 is 10.2 Å². The van der Waals surface area contributed by atoms with Crippen LogP contribution in [0, 0.1) is 17.0 Å². The summed E-state index contributed by atoms with van der Waals surface area (Å²) in [6, 6.07) is 12.2. The van der Waals surface area contributed by atoms with Crippen LogP contribution in [0.4, 0.5) is 20.2 Å². The number of halogens is 2. The lowest BCUT2D eigenvalue weighted by atomic mass is 10.0. The van der Waals surface area contributed by atoms with E-state index in [1.54, 1.807) is 31.3 Å². The van der Waals surface area contributed by atoms with Gasteiger partial charge in [0.15, 0.2) is 0 Å². The molecule has 3 rings (SSSR count). The van der Waals surface area contributed by atoms with Gasteiger partial charge in [-0.05, 0) is 37.1 Å². The maximum Gasteiger partial charge on any atom is 0.242 e. The Kier molecular flexibility index (Phi) is 4.05. The SMILES string of the molecule is CN(C(=O)C1(C(=O)Nc2c(F)cccc2F)CC1)c1ccccc1. The molecule has 1 saturated carbocycles. The van der Waals surface area contributed by atoms with E-state index < -0.39 is 28.6 Å². The summed E-state index contributed by atoms with van der Waals surface area (Å²) >= 11 is 0. The minimum absolute atomic E-state index is 0.352. The summed E-state index contributed by atoms with van der Waals surface area (Å²) in [5.74, 6) is -2.81. The van der Waals surface area contributed by atoms with Crippen molar-refractivity contribution in [1.29, 1.82) is 0 Å². The first kappa shape index (κ1) is 16.1. The summed E-state index contributed by atoms with van der Waals surface area (Å²) in [7, 11) is 1.58. The second-order valence-corrected chi connectivity index (χ2v) is 5.83. The summed E-state index contributed by atoms with van der Waals surface area (Å²) in [4.78, 5) is 26.6. The molecule has 0 bridgehead atoms. The summed E-state index contributed by atoms with van der Waals surface area (Å²) in [5, 5.41) is 2.23. The topological polar surface area (TPSA) is 49.4 Å². The van der Waals surface area contributed by atoms with Crippen LogP contribution in [-0.2, 0) is 9.59 Å². The van der Waals surface area contributed by atoms with Crippen LogP contribution in [0.1, 0.15) is 12.8 Å². The molecule has 1 fully saturated rings. The molecule has 0 saturated heterocycles. The van der Waals surface area contributed by atoms with E-state index in [4.69, 9.17) is 0 Å². The lowest BCUT2D eigenvalue weighted by molar-refractivity contribution is -0.132. The van der Waals surface area contributed by atoms with Gasteiger partial charge in [0.2, 0.25) is 11.8 Å². The van der Waals surface area contributed by atoms with E-state index in [0.717, 1.165) is 12.1 Å². The first-order valence-electron chi connectivity index (χ1n) is 7.54. The molecule has 6 heteroatoms. The number of hydrogen-bond donors (Lipinski definition) is 1. The fourth-order valence-electron chi connectivity index (χ4n) is 2.60. The van der Waals surface area contributed by atoms with Crippen molar-refractivity contribution in [3.05, 3.63) is 60.2 Å². The molecule has 0 radical (unpaired) electrons. The summed E-state index contributed by atoms with van der Waals surface area (Å²) in [6.45, 7) is 0. The molecular formula is C18H16F2N2O2. The van der Waals surface area contributed by atoms with Gasteiger partial charge in [-0.2, -0.15) is 0 Å². The predicted octanol–water partition coefficient (Wildman–Crippen LogP) is 3.35. The minimum Gasteiger partial charge on any atom is -0.320 e. The minimum atomic E-state index is -1.26. The van der Waals surface area contributed by atoms with Gasteiger partial charge < -0.3 is 10.2 Å². The van der Waals surface area contributed by atoms with Gasteiger partial charge in [0.25, 0.3) is 0 Å². The van der Waals surface area contributed by atoms with Crippen molar-refractivity contribution in [2.75, 3.05) is 17.3 Å². The Morgan fingerprint density at radius 2 is 1.58 bits per heavy atom.